The number of aryl methyl sites for hydroxylation is 2. The zero-order chi connectivity index (χ0) is 20.6. The lowest BCUT2D eigenvalue weighted by molar-refractivity contribution is 0.0937. The highest BCUT2D eigenvalue weighted by molar-refractivity contribution is 7.92. The lowest BCUT2D eigenvalue weighted by Gasteiger charge is -2.13. The second-order valence-electron chi connectivity index (χ2n) is 6.63. The van der Waals surface area contributed by atoms with Crippen LogP contribution < -0.4 is 10.0 Å². The molecule has 0 radical (unpaired) electrons. The Morgan fingerprint density at radius 1 is 1.11 bits per heavy atom. The molecule has 0 heterocycles. The van der Waals surface area contributed by atoms with Crippen LogP contribution in [0.4, 0.5) is 5.69 Å². The van der Waals surface area contributed by atoms with E-state index in [1.54, 1.807) is 38.3 Å². The van der Waals surface area contributed by atoms with Gasteiger partial charge in [-0.1, -0.05) is 31.5 Å². The number of ether oxygens (including phenoxy) is 1. The minimum Gasteiger partial charge on any atom is -0.383 e. The fourth-order valence-electron chi connectivity index (χ4n) is 2.73. The van der Waals surface area contributed by atoms with Crippen molar-refractivity contribution in [1.82, 2.24) is 5.32 Å². The smallest absolute Gasteiger partial charge is 0.262 e. The average Bonchev–Trinajstić information content (AvgIpc) is 2.67. The monoisotopic (exact) mass is 404 g/mol. The maximum absolute atomic E-state index is 12.9. The van der Waals surface area contributed by atoms with E-state index in [-0.39, 0.29) is 16.4 Å². The molecule has 152 valence electrons. The number of benzene rings is 2. The number of rotatable bonds is 10. The number of carbonyl (C=O) groups excluding carboxylic acids is 1. The van der Waals surface area contributed by atoms with Crippen LogP contribution in [0.1, 0.15) is 41.3 Å². The molecule has 28 heavy (non-hydrogen) atoms. The number of hydrogen-bond acceptors (Lipinski definition) is 4. The molecule has 0 aliphatic carbocycles. The Morgan fingerprint density at radius 2 is 1.82 bits per heavy atom. The standard InChI is InChI=1S/C21H28N2O4S/c1-4-5-6-17-8-11-19(12-9-17)23-28(25,26)20-15-18(10-7-16(20)2)21(24)22-13-14-27-3/h7-12,15,23H,4-6,13-14H2,1-3H3,(H,22,24). The van der Waals surface area contributed by atoms with Gasteiger partial charge in [0.15, 0.2) is 0 Å². The molecule has 2 aromatic rings. The van der Waals surface area contributed by atoms with Crippen molar-refractivity contribution < 1.29 is 17.9 Å². The van der Waals surface area contributed by atoms with Crippen LogP contribution in [0.25, 0.3) is 0 Å². The van der Waals surface area contributed by atoms with E-state index in [0.29, 0.717) is 24.4 Å². The maximum atomic E-state index is 12.9. The summed E-state index contributed by atoms with van der Waals surface area (Å²) in [5.41, 5.74) is 2.53. The third kappa shape index (κ3) is 6.07. The average molecular weight is 405 g/mol. The van der Waals surface area contributed by atoms with Crippen molar-refractivity contribution >= 4 is 21.6 Å². The highest BCUT2D eigenvalue weighted by atomic mass is 32.2. The summed E-state index contributed by atoms with van der Waals surface area (Å²) in [6.07, 6.45) is 3.19. The van der Waals surface area contributed by atoms with Gasteiger partial charge in [-0.3, -0.25) is 9.52 Å². The van der Waals surface area contributed by atoms with E-state index in [1.807, 2.05) is 12.1 Å². The second kappa shape index (κ2) is 10.2. The first-order valence-electron chi connectivity index (χ1n) is 9.37. The van der Waals surface area contributed by atoms with E-state index >= 15 is 0 Å². The molecule has 0 atom stereocenters. The summed E-state index contributed by atoms with van der Waals surface area (Å²) in [4.78, 5) is 12.3. The first kappa shape index (κ1) is 21.9. The third-order valence-corrected chi connectivity index (χ3v) is 5.88. The number of sulfonamides is 1. The van der Waals surface area contributed by atoms with E-state index in [0.717, 1.165) is 19.3 Å². The first-order valence-corrected chi connectivity index (χ1v) is 10.8. The number of carbonyl (C=O) groups is 1. The van der Waals surface area contributed by atoms with Crippen LogP contribution >= 0.6 is 0 Å². The lowest BCUT2D eigenvalue weighted by Crippen LogP contribution is -2.27. The molecule has 0 aliphatic rings. The summed E-state index contributed by atoms with van der Waals surface area (Å²) in [5.74, 6) is -0.339. The molecule has 7 heteroatoms. The first-order chi connectivity index (χ1) is 13.4. The van der Waals surface area contributed by atoms with Crippen molar-refractivity contribution in [2.75, 3.05) is 25.0 Å². The van der Waals surface area contributed by atoms with E-state index in [9.17, 15) is 13.2 Å². The Bertz CT molecular complexity index is 893. The van der Waals surface area contributed by atoms with E-state index in [4.69, 9.17) is 4.74 Å². The Labute approximate surface area is 167 Å². The second-order valence-corrected chi connectivity index (χ2v) is 8.29. The number of hydrogen-bond donors (Lipinski definition) is 2. The number of amides is 1. The topological polar surface area (TPSA) is 84.5 Å². The molecule has 0 aromatic heterocycles. The van der Waals surface area contributed by atoms with Crippen molar-refractivity contribution in [1.29, 1.82) is 0 Å². The van der Waals surface area contributed by atoms with E-state index < -0.39 is 10.0 Å². The molecule has 1 amide bonds. The number of unbranched alkanes of at least 4 members (excludes halogenated alkanes) is 1. The SMILES string of the molecule is CCCCc1ccc(NS(=O)(=O)c2cc(C(=O)NCCOC)ccc2C)cc1. The van der Waals surface area contributed by atoms with Gasteiger partial charge < -0.3 is 10.1 Å². The van der Waals surface area contributed by atoms with Crippen molar-refractivity contribution in [3.8, 4) is 0 Å². The summed E-state index contributed by atoms with van der Waals surface area (Å²) in [5, 5.41) is 2.69. The molecule has 0 saturated heterocycles. The van der Waals surface area contributed by atoms with Crippen molar-refractivity contribution in [2.45, 2.75) is 38.0 Å². The largest absolute Gasteiger partial charge is 0.383 e. The Hall–Kier alpha value is -2.38. The highest BCUT2D eigenvalue weighted by Gasteiger charge is 2.19. The molecular weight excluding hydrogens is 376 g/mol. The quantitative estimate of drug-likeness (QED) is 0.594. The fraction of sp³-hybridized carbons (Fsp3) is 0.381. The highest BCUT2D eigenvalue weighted by Crippen LogP contribution is 2.21. The molecule has 0 spiro atoms. The fourth-order valence-corrected chi connectivity index (χ4v) is 4.06. The summed E-state index contributed by atoms with van der Waals surface area (Å²) < 4.78 is 33.2. The zero-order valence-corrected chi connectivity index (χ0v) is 17.4. The Kier molecular flexibility index (Phi) is 8.02. The molecule has 0 fully saturated rings. The van der Waals surface area contributed by atoms with Gasteiger partial charge in [-0.05, 0) is 55.2 Å². The van der Waals surface area contributed by atoms with Crippen LogP contribution in [0.15, 0.2) is 47.4 Å². The van der Waals surface area contributed by atoms with E-state index in [2.05, 4.69) is 17.0 Å². The summed E-state index contributed by atoms with van der Waals surface area (Å²) in [6, 6.07) is 12.0. The molecule has 2 rings (SSSR count). The lowest BCUT2D eigenvalue weighted by atomic mass is 10.1. The zero-order valence-electron chi connectivity index (χ0n) is 16.6. The van der Waals surface area contributed by atoms with Crippen LogP contribution in [0.3, 0.4) is 0 Å². The van der Waals surface area contributed by atoms with Gasteiger partial charge in [0.25, 0.3) is 15.9 Å². The third-order valence-electron chi connectivity index (χ3n) is 4.36. The van der Waals surface area contributed by atoms with Gasteiger partial charge in [-0.2, -0.15) is 0 Å². The number of methoxy groups -OCH3 is 1. The number of nitrogens with one attached hydrogen (secondary N) is 2. The number of anilines is 1. The van der Waals surface area contributed by atoms with Crippen LogP contribution in [0.5, 0.6) is 0 Å². The van der Waals surface area contributed by atoms with Crippen LogP contribution in [-0.2, 0) is 21.2 Å². The Balaban J connectivity index is 2.17. The van der Waals surface area contributed by atoms with E-state index in [1.165, 1.54) is 11.6 Å². The van der Waals surface area contributed by atoms with Crippen molar-refractivity contribution in [3.63, 3.8) is 0 Å². The molecular formula is C21H28N2O4S. The van der Waals surface area contributed by atoms with Gasteiger partial charge in [-0.25, -0.2) is 8.42 Å². The molecule has 2 aromatic carbocycles. The van der Waals surface area contributed by atoms with Gasteiger partial charge in [-0.15, -0.1) is 0 Å². The van der Waals surface area contributed by atoms with Crippen molar-refractivity contribution in [2.24, 2.45) is 0 Å². The van der Waals surface area contributed by atoms with Gasteiger partial charge in [0, 0.05) is 24.9 Å². The minimum atomic E-state index is -3.81. The molecule has 0 aliphatic heterocycles. The predicted molar refractivity (Wildman–Crippen MR) is 111 cm³/mol. The van der Waals surface area contributed by atoms with Gasteiger partial charge in [0.2, 0.25) is 0 Å². The van der Waals surface area contributed by atoms with Crippen LogP contribution in [0.2, 0.25) is 0 Å². The van der Waals surface area contributed by atoms with Crippen molar-refractivity contribution in [3.05, 3.63) is 59.2 Å². The maximum Gasteiger partial charge on any atom is 0.262 e. The normalized spacial score (nSPS) is 11.2. The molecule has 0 saturated carbocycles. The minimum absolute atomic E-state index is 0.0851. The van der Waals surface area contributed by atoms with Crippen LogP contribution in [0, 0.1) is 6.92 Å². The molecule has 6 nitrogen and oxygen atoms in total. The van der Waals surface area contributed by atoms with Gasteiger partial charge in [0.1, 0.15) is 0 Å². The van der Waals surface area contributed by atoms with Gasteiger partial charge >= 0.3 is 0 Å². The molecule has 2 N–H and O–H groups in total. The summed E-state index contributed by atoms with van der Waals surface area (Å²) in [6.45, 7) is 4.58. The summed E-state index contributed by atoms with van der Waals surface area (Å²) in [7, 11) is -2.26. The molecule has 0 bridgehead atoms. The molecule has 0 unspecified atom stereocenters. The summed E-state index contributed by atoms with van der Waals surface area (Å²) >= 11 is 0. The van der Waals surface area contributed by atoms with Gasteiger partial charge in [0.05, 0.1) is 11.5 Å². The predicted octanol–water partition coefficient (Wildman–Crippen LogP) is 3.51. The Morgan fingerprint density at radius 3 is 2.46 bits per heavy atom. The van der Waals surface area contributed by atoms with Crippen LogP contribution in [-0.4, -0.2) is 34.6 Å².